The second kappa shape index (κ2) is 3.99. The average molecular weight is 206 g/mol. The Labute approximate surface area is 76.1 Å². The summed E-state index contributed by atoms with van der Waals surface area (Å²) in [5, 5.41) is 10.6. The van der Waals surface area contributed by atoms with E-state index >= 15 is 0 Å². The van der Waals surface area contributed by atoms with Gasteiger partial charge in [0.15, 0.2) is 0 Å². The SMILES string of the molecule is CONS(=O)(=O)C1=CC=C[NH+]([O-])C1. The average Bonchev–Trinajstić information content (AvgIpc) is 2.04. The molecule has 0 amide bonds. The van der Waals surface area contributed by atoms with Crippen LogP contribution in [0.3, 0.4) is 0 Å². The fourth-order valence-electron chi connectivity index (χ4n) is 0.900. The van der Waals surface area contributed by atoms with Gasteiger partial charge in [0.25, 0.3) is 10.0 Å². The van der Waals surface area contributed by atoms with Crippen LogP contribution in [0.15, 0.2) is 23.3 Å². The van der Waals surface area contributed by atoms with E-state index in [1.165, 1.54) is 25.5 Å². The lowest BCUT2D eigenvalue weighted by atomic mass is 10.4. The number of nitrogens with one attached hydrogen (secondary N) is 2. The topological polar surface area (TPSA) is 82.9 Å². The molecule has 1 atom stereocenters. The van der Waals surface area contributed by atoms with Crippen LogP contribution in [0.5, 0.6) is 0 Å². The third kappa shape index (κ3) is 2.61. The van der Waals surface area contributed by atoms with Crippen molar-refractivity contribution in [2.24, 2.45) is 0 Å². The maximum absolute atomic E-state index is 11.2. The van der Waals surface area contributed by atoms with Crippen molar-refractivity contribution in [2.75, 3.05) is 13.7 Å². The first kappa shape index (κ1) is 10.4. The highest BCUT2D eigenvalue weighted by Gasteiger charge is 2.20. The summed E-state index contributed by atoms with van der Waals surface area (Å²) in [5.41, 5.74) is 0. The Morgan fingerprint density at radius 1 is 1.69 bits per heavy atom. The number of hydroxylamine groups is 2. The van der Waals surface area contributed by atoms with Gasteiger partial charge in [0.05, 0.1) is 13.3 Å². The van der Waals surface area contributed by atoms with E-state index in [1.54, 1.807) is 0 Å². The highest BCUT2D eigenvalue weighted by Crippen LogP contribution is 2.03. The van der Waals surface area contributed by atoms with Crippen LogP contribution in [0.2, 0.25) is 0 Å². The van der Waals surface area contributed by atoms with E-state index in [4.69, 9.17) is 0 Å². The summed E-state index contributed by atoms with van der Waals surface area (Å²) >= 11 is 0. The van der Waals surface area contributed by atoms with Crippen molar-refractivity contribution in [3.63, 3.8) is 0 Å². The summed E-state index contributed by atoms with van der Waals surface area (Å²) in [6.07, 6.45) is 4.09. The molecule has 0 aromatic heterocycles. The monoisotopic (exact) mass is 206 g/mol. The first-order valence-electron chi connectivity index (χ1n) is 3.51. The molecule has 1 aliphatic heterocycles. The number of hydrogen-bond acceptors (Lipinski definition) is 4. The molecule has 2 N–H and O–H groups in total. The van der Waals surface area contributed by atoms with E-state index in [0.29, 0.717) is 0 Å². The molecule has 0 aromatic carbocycles. The van der Waals surface area contributed by atoms with Crippen LogP contribution in [0.1, 0.15) is 0 Å². The minimum Gasteiger partial charge on any atom is -0.629 e. The Kier molecular flexibility index (Phi) is 3.17. The van der Waals surface area contributed by atoms with Crippen LogP contribution in [-0.2, 0) is 14.9 Å². The van der Waals surface area contributed by atoms with Crippen LogP contribution in [0.25, 0.3) is 0 Å². The molecule has 13 heavy (non-hydrogen) atoms. The lowest BCUT2D eigenvalue weighted by molar-refractivity contribution is -0.785. The summed E-state index contributed by atoms with van der Waals surface area (Å²) in [7, 11) is -2.46. The van der Waals surface area contributed by atoms with Crippen molar-refractivity contribution in [1.29, 1.82) is 0 Å². The first-order chi connectivity index (χ1) is 6.06. The van der Waals surface area contributed by atoms with E-state index in [9.17, 15) is 13.6 Å². The fraction of sp³-hybridized carbons (Fsp3) is 0.333. The Hall–Kier alpha value is -0.730. The molecule has 0 saturated carbocycles. The highest BCUT2D eigenvalue weighted by atomic mass is 32.2. The van der Waals surface area contributed by atoms with Gasteiger partial charge in [0.2, 0.25) is 0 Å². The van der Waals surface area contributed by atoms with Gasteiger partial charge in [-0.25, -0.2) is 8.42 Å². The molecule has 74 valence electrons. The predicted molar refractivity (Wildman–Crippen MR) is 45.5 cm³/mol. The van der Waals surface area contributed by atoms with E-state index < -0.39 is 10.0 Å². The van der Waals surface area contributed by atoms with Crippen molar-refractivity contribution in [2.45, 2.75) is 0 Å². The van der Waals surface area contributed by atoms with E-state index in [1.807, 2.05) is 4.89 Å². The summed E-state index contributed by atoms with van der Waals surface area (Å²) in [4.78, 5) is 6.13. The lowest BCUT2D eigenvalue weighted by Crippen LogP contribution is -3.03. The van der Waals surface area contributed by atoms with Crippen molar-refractivity contribution < 1.29 is 18.3 Å². The minimum absolute atomic E-state index is 0.0156. The second-order valence-corrected chi connectivity index (χ2v) is 4.12. The van der Waals surface area contributed by atoms with Crippen LogP contribution < -0.4 is 9.95 Å². The number of sulfonamides is 1. The largest absolute Gasteiger partial charge is 0.629 e. The molecule has 0 bridgehead atoms. The Bertz CT molecular complexity index is 333. The van der Waals surface area contributed by atoms with Crippen LogP contribution >= 0.6 is 0 Å². The number of allylic oxidation sites excluding steroid dienone is 2. The number of hydrogen-bond donors (Lipinski definition) is 2. The van der Waals surface area contributed by atoms with Crippen LogP contribution in [0, 0.1) is 5.21 Å². The van der Waals surface area contributed by atoms with Crippen molar-refractivity contribution in [1.82, 2.24) is 4.89 Å². The van der Waals surface area contributed by atoms with E-state index in [-0.39, 0.29) is 16.5 Å². The summed E-state index contributed by atoms with van der Waals surface area (Å²) in [5.74, 6) is 0. The van der Waals surface area contributed by atoms with Gasteiger partial charge in [-0.2, -0.15) is 0 Å². The van der Waals surface area contributed by atoms with Crippen molar-refractivity contribution >= 4 is 10.0 Å². The Balaban J connectivity index is 2.83. The minimum atomic E-state index is -3.65. The molecule has 1 aliphatic rings. The predicted octanol–water partition coefficient (Wildman–Crippen LogP) is -1.74. The molecule has 0 fully saturated rings. The van der Waals surface area contributed by atoms with Gasteiger partial charge in [-0.3, -0.25) is 4.84 Å². The van der Waals surface area contributed by atoms with Gasteiger partial charge in [-0.1, -0.05) is 4.89 Å². The van der Waals surface area contributed by atoms with Gasteiger partial charge >= 0.3 is 0 Å². The molecule has 0 aromatic rings. The normalized spacial score (nSPS) is 22.9. The van der Waals surface area contributed by atoms with Gasteiger partial charge in [-0.15, -0.1) is 0 Å². The van der Waals surface area contributed by atoms with Crippen LogP contribution in [-0.4, -0.2) is 22.1 Å². The third-order valence-corrected chi connectivity index (χ3v) is 2.81. The summed E-state index contributed by atoms with van der Waals surface area (Å²) in [6.45, 7) is -0.116. The highest BCUT2D eigenvalue weighted by molar-refractivity contribution is 7.93. The molecular weight excluding hydrogens is 196 g/mol. The van der Waals surface area contributed by atoms with E-state index in [0.717, 1.165) is 0 Å². The molecule has 1 unspecified atom stereocenters. The van der Waals surface area contributed by atoms with Gasteiger partial charge in [0, 0.05) is 0 Å². The Morgan fingerprint density at radius 3 is 2.92 bits per heavy atom. The molecule has 1 rings (SSSR count). The lowest BCUT2D eigenvalue weighted by Gasteiger charge is -2.21. The summed E-state index contributed by atoms with van der Waals surface area (Å²) < 4.78 is 22.5. The zero-order valence-corrected chi connectivity index (χ0v) is 7.80. The quantitative estimate of drug-likeness (QED) is 0.424. The maximum atomic E-state index is 11.2. The molecule has 6 nitrogen and oxygen atoms in total. The van der Waals surface area contributed by atoms with Crippen molar-refractivity contribution in [3.8, 4) is 0 Å². The molecule has 0 spiro atoms. The number of quaternary nitrogens is 1. The zero-order chi connectivity index (χ0) is 9.90. The molecule has 0 radical (unpaired) electrons. The standard InChI is InChI=1S/C6H10N2O4S/c1-12-7-13(10,11)6-3-2-4-8(9)5-6/h2-4,7-8H,5H2,1H3. The first-order valence-corrected chi connectivity index (χ1v) is 4.99. The molecule has 0 saturated heterocycles. The fourth-order valence-corrected chi connectivity index (χ4v) is 1.82. The van der Waals surface area contributed by atoms with Crippen LogP contribution in [0.4, 0.5) is 0 Å². The van der Waals surface area contributed by atoms with Crippen molar-refractivity contribution in [3.05, 3.63) is 28.5 Å². The molecule has 0 aliphatic carbocycles. The zero-order valence-electron chi connectivity index (χ0n) is 6.98. The van der Waals surface area contributed by atoms with E-state index in [2.05, 4.69) is 4.84 Å². The van der Waals surface area contributed by atoms with Gasteiger partial charge < -0.3 is 10.3 Å². The Morgan fingerprint density at radius 2 is 2.38 bits per heavy atom. The maximum Gasteiger partial charge on any atom is 0.264 e. The summed E-state index contributed by atoms with van der Waals surface area (Å²) in [6, 6.07) is 0. The smallest absolute Gasteiger partial charge is 0.264 e. The molecule has 7 heteroatoms. The molecular formula is C6H10N2O4S. The van der Waals surface area contributed by atoms with Gasteiger partial charge in [-0.05, 0) is 12.2 Å². The molecule has 1 heterocycles. The second-order valence-electron chi connectivity index (χ2n) is 2.43. The van der Waals surface area contributed by atoms with Gasteiger partial charge in [0.1, 0.15) is 11.4 Å². The number of rotatable bonds is 3. The third-order valence-electron chi connectivity index (χ3n) is 1.45.